The third kappa shape index (κ3) is 2.60. The average molecular weight is 364 g/mol. The fraction of sp³-hybridized carbons (Fsp3) is 0.0400. The summed E-state index contributed by atoms with van der Waals surface area (Å²) in [5.74, 6) is 0.855. The average Bonchev–Trinajstić information content (AvgIpc) is 2.78. The Morgan fingerprint density at radius 1 is 0.464 bits per heavy atom. The largest absolute Gasteiger partial charge is 0.497 e. The van der Waals surface area contributed by atoms with Crippen molar-refractivity contribution in [2.75, 3.05) is 16.9 Å². The molecule has 1 aliphatic heterocycles. The molecule has 1 heterocycles. The minimum Gasteiger partial charge on any atom is -0.497 e. The van der Waals surface area contributed by atoms with Gasteiger partial charge in [-0.3, -0.25) is 0 Å². The van der Waals surface area contributed by atoms with Crippen LogP contribution in [0, 0.1) is 0 Å². The molecule has 0 radical (unpaired) electrons. The number of hydrogen-bond donors (Lipinski definition) is 0. The first-order valence-corrected chi connectivity index (χ1v) is 9.34. The van der Waals surface area contributed by atoms with E-state index in [1.807, 2.05) is 12.1 Å². The van der Waals surface area contributed by atoms with E-state index in [4.69, 9.17) is 4.74 Å². The van der Waals surface area contributed by atoms with E-state index in [1.165, 1.54) is 0 Å². The number of para-hydroxylation sites is 5. The van der Waals surface area contributed by atoms with Gasteiger partial charge < -0.3 is 14.5 Å². The molecule has 0 atom stereocenters. The Bertz CT molecular complexity index is 1060. The van der Waals surface area contributed by atoms with Crippen LogP contribution in [0.3, 0.4) is 0 Å². The first-order chi connectivity index (χ1) is 13.9. The second-order valence-corrected chi connectivity index (χ2v) is 6.68. The van der Waals surface area contributed by atoms with E-state index in [2.05, 4.69) is 101 Å². The van der Waals surface area contributed by atoms with Crippen molar-refractivity contribution in [3.8, 4) is 5.75 Å². The summed E-state index contributed by atoms with van der Waals surface area (Å²) in [6.07, 6.45) is 0. The van der Waals surface area contributed by atoms with Gasteiger partial charge in [0.2, 0.25) is 0 Å². The normalized spacial score (nSPS) is 12.3. The van der Waals surface area contributed by atoms with Gasteiger partial charge in [-0.05, 0) is 60.7 Å². The minimum atomic E-state index is 0.855. The molecule has 4 aromatic rings. The summed E-state index contributed by atoms with van der Waals surface area (Å²) in [7, 11) is 1.69. The predicted octanol–water partition coefficient (Wildman–Crippen LogP) is 6.95. The summed E-state index contributed by atoms with van der Waals surface area (Å²) in [6, 6.07) is 35.8. The van der Waals surface area contributed by atoms with Gasteiger partial charge in [0.1, 0.15) is 5.75 Å². The van der Waals surface area contributed by atoms with Crippen molar-refractivity contribution in [3.05, 3.63) is 103 Å². The monoisotopic (exact) mass is 364 g/mol. The topological polar surface area (TPSA) is 15.7 Å². The van der Waals surface area contributed by atoms with Crippen molar-refractivity contribution < 1.29 is 4.74 Å². The zero-order valence-corrected chi connectivity index (χ0v) is 15.6. The Morgan fingerprint density at radius 3 is 1.29 bits per heavy atom. The zero-order valence-electron chi connectivity index (χ0n) is 15.6. The highest BCUT2D eigenvalue weighted by Gasteiger charge is 2.29. The van der Waals surface area contributed by atoms with E-state index in [0.29, 0.717) is 0 Å². The maximum absolute atomic E-state index is 5.34. The Kier molecular flexibility index (Phi) is 3.99. The Balaban J connectivity index is 1.75. The van der Waals surface area contributed by atoms with Crippen molar-refractivity contribution in [1.29, 1.82) is 0 Å². The lowest BCUT2D eigenvalue weighted by atomic mass is 10.0. The van der Waals surface area contributed by atoms with Crippen molar-refractivity contribution >= 4 is 34.1 Å². The predicted molar refractivity (Wildman–Crippen MR) is 116 cm³/mol. The van der Waals surface area contributed by atoms with Crippen molar-refractivity contribution in [2.45, 2.75) is 0 Å². The van der Waals surface area contributed by atoms with Crippen molar-refractivity contribution in [1.82, 2.24) is 0 Å². The third-order valence-corrected chi connectivity index (χ3v) is 5.07. The molecule has 0 fully saturated rings. The van der Waals surface area contributed by atoms with Gasteiger partial charge in [-0.1, -0.05) is 42.5 Å². The summed E-state index contributed by atoms with van der Waals surface area (Å²) in [6.45, 7) is 0. The number of ether oxygens (including phenoxy) is 1. The summed E-state index contributed by atoms with van der Waals surface area (Å²) in [5, 5.41) is 0. The van der Waals surface area contributed by atoms with Gasteiger partial charge in [0.25, 0.3) is 0 Å². The number of benzene rings is 4. The number of rotatable bonds is 3. The van der Waals surface area contributed by atoms with E-state index in [1.54, 1.807) is 7.11 Å². The van der Waals surface area contributed by atoms with Crippen LogP contribution >= 0.6 is 0 Å². The first-order valence-electron chi connectivity index (χ1n) is 9.34. The van der Waals surface area contributed by atoms with Gasteiger partial charge in [-0.2, -0.15) is 0 Å². The van der Waals surface area contributed by atoms with Crippen LogP contribution in [0.5, 0.6) is 5.75 Å². The molecule has 0 bridgehead atoms. The van der Waals surface area contributed by atoms with E-state index < -0.39 is 0 Å². The molecule has 0 saturated heterocycles. The van der Waals surface area contributed by atoms with Gasteiger partial charge in [0.05, 0.1) is 29.9 Å². The van der Waals surface area contributed by atoms with Crippen LogP contribution < -0.4 is 14.5 Å². The van der Waals surface area contributed by atoms with Crippen LogP contribution in [0.15, 0.2) is 103 Å². The SMILES string of the molecule is COc1ccc(N2c3ccccc3N(c3ccccc3)c3ccccc32)cc1. The molecule has 0 N–H and O–H groups in total. The van der Waals surface area contributed by atoms with Crippen LogP contribution in [0.1, 0.15) is 0 Å². The molecule has 4 aromatic carbocycles. The molecule has 0 aliphatic carbocycles. The molecular formula is C25H20N2O. The summed E-state index contributed by atoms with van der Waals surface area (Å²) < 4.78 is 5.34. The minimum absolute atomic E-state index is 0.855. The molecule has 28 heavy (non-hydrogen) atoms. The fourth-order valence-corrected chi connectivity index (χ4v) is 3.81. The number of methoxy groups -OCH3 is 1. The summed E-state index contributed by atoms with van der Waals surface area (Å²) in [5.41, 5.74) is 6.86. The maximum atomic E-state index is 5.34. The molecule has 0 unspecified atom stereocenters. The lowest BCUT2D eigenvalue weighted by molar-refractivity contribution is 0.415. The molecule has 3 nitrogen and oxygen atoms in total. The first kappa shape index (κ1) is 16.5. The van der Waals surface area contributed by atoms with Gasteiger partial charge in [-0.25, -0.2) is 0 Å². The number of nitrogens with zero attached hydrogens (tertiary/aromatic N) is 2. The van der Waals surface area contributed by atoms with Crippen LogP contribution in [0.4, 0.5) is 34.1 Å². The summed E-state index contributed by atoms with van der Waals surface area (Å²) >= 11 is 0. The van der Waals surface area contributed by atoms with Crippen LogP contribution in [0.2, 0.25) is 0 Å². The van der Waals surface area contributed by atoms with Crippen molar-refractivity contribution in [3.63, 3.8) is 0 Å². The van der Waals surface area contributed by atoms with E-state index in [-0.39, 0.29) is 0 Å². The zero-order chi connectivity index (χ0) is 18.9. The smallest absolute Gasteiger partial charge is 0.119 e. The van der Waals surface area contributed by atoms with E-state index in [0.717, 1.165) is 39.9 Å². The molecule has 0 amide bonds. The molecule has 3 heteroatoms. The fourth-order valence-electron chi connectivity index (χ4n) is 3.81. The molecule has 1 aliphatic rings. The maximum Gasteiger partial charge on any atom is 0.119 e. The van der Waals surface area contributed by atoms with E-state index in [9.17, 15) is 0 Å². The van der Waals surface area contributed by atoms with Gasteiger partial charge in [-0.15, -0.1) is 0 Å². The van der Waals surface area contributed by atoms with Gasteiger partial charge in [0.15, 0.2) is 0 Å². The van der Waals surface area contributed by atoms with Crippen LogP contribution in [0.25, 0.3) is 0 Å². The summed E-state index contributed by atoms with van der Waals surface area (Å²) in [4.78, 5) is 4.63. The standard InChI is InChI=1S/C25H20N2O/c1-28-21-17-15-20(16-18-21)27-24-13-7-5-11-22(24)26(19-9-3-2-4-10-19)23-12-6-8-14-25(23)27/h2-18H,1H3. The molecule has 0 spiro atoms. The lowest BCUT2D eigenvalue weighted by Gasteiger charge is -2.40. The highest BCUT2D eigenvalue weighted by molar-refractivity contribution is 6.01. The van der Waals surface area contributed by atoms with Crippen LogP contribution in [-0.2, 0) is 0 Å². The Hall–Kier alpha value is -3.72. The van der Waals surface area contributed by atoms with Crippen molar-refractivity contribution in [2.24, 2.45) is 0 Å². The highest BCUT2D eigenvalue weighted by Crippen LogP contribution is 2.53. The van der Waals surface area contributed by atoms with E-state index >= 15 is 0 Å². The number of hydrogen-bond acceptors (Lipinski definition) is 3. The van der Waals surface area contributed by atoms with Gasteiger partial charge >= 0.3 is 0 Å². The second-order valence-electron chi connectivity index (χ2n) is 6.68. The second kappa shape index (κ2) is 6.78. The third-order valence-electron chi connectivity index (χ3n) is 5.07. The number of fused-ring (bicyclic) bond motifs is 2. The Morgan fingerprint density at radius 2 is 0.857 bits per heavy atom. The molecule has 0 saturated carbocycles. The molecular weight excluding hydrogens is 344 g/mol. The quantitative estimate of drug-likeness (QED) is 0.344. The Labute approximate surface area is 165 Å². The lowest BCUT2D eigenvalue weighted by Crippen LogP contribution is -2.23. The molecule has 5 rings (SSSR count). The molecule has 0 aromatic heterocycles. The molecule has 136 valence electrons. The highest BCUT2D eigenvalue weighted by atomic mass is 16.5. The van der Waals surface area contributed by atoms with Crippen LogP contribution in [-0.4, -0.2) is 7.11 Å². The van der Waals surface area contributed by atoms with Gasteiger partial charge in [0, 0.05) is 11.4 Å². The number of anilines is 6.